The van der Waals surface area contributed by atoms with Crippen LogP contribution in [-0.4, -0.2) is 23.9 Å². The Balaban J connectivity index is 1.23. The molecular formula is C49H39N5O. The van der Waals surface area contributed by atoms with Gasteiger partial charge in [0, 0.05) is 62.6 Å². The molecule has 0 aliphatic rings. The van der Waals surface area contributed by atoms with E-state index in [1.54, 1.807) is 0 Å². The number of pyridine rings is 3. The van der Waals surface area contributed by atoms with Gasteiger partial charge in [0.2, 0.25) is 5.88 Å². The molecular weight excluding hydrogens is 675 g/mol. The molecule has 0 amide bonds. The third-order valence-electron chi connectivity index (χ3n) is 11.0. The molecule has 5 aromatic carbocycles. The maximum Gasteiger partial charge on any atom is 0.219 e. The van der Waals surface area contributed by atoms with Crippen LogP contribution in [-0.2, 0) is 0 Å². The normalized spacial score (nSPS) is 11.8. The number of hydrogen-bond acceptors (Lipinski definition) is 4. The highest BCUT2D eigenvalue weighted by Gasteiger charge is 2.25. The van der Waals surface area contributed by atoms with Crippen LogP contribution in [0.5, 0.6) is 11.6 Å². The molecule has 0 aliphatic carbocycles. The largest absolute Gasteiger partial charge is 0.439 e. The van der Waals surface area contributed by atoms with Crippen molar-refractivity contribution in [3.05, 3.63) is 161 Å². The van der Waals surface area contributed by atoms with E-state index in [1.165, 1.54) is 44.5 Å². The van der Waals surface area contributed by atoms with Gasteiger partial charge < -0.3 is 4.74 Å². The molecule has 10 aromatic rings. The molecule has 0 spiro atoms. The molecule has 5 aromatic heterocycles. The van der Waals surface area contributed by atoms with Gasteiger partial charge in [0.05, 0.1) is 27.9 Å². The molecule has 266 valence electrons. The van der Waals surface area contributed by atoms with Crippen LogP contribution in [0.15, 0.2) is 128 Å². The van der Waals surface area contributed by atoms with Crippen molar-refractivity contribution in [2.45, 2.75) is 41.5 Å². The van der Waals surface area contributed by atoms with Gasteiger partial charge in [0.25, 0.3) is 0 Å². The average molecular weight is 714 g/mol. The Morgan fingerprint density at radius 1 is 0.509 bits per heavy atom. The highest BCUT2D eigenvalue weighted by atomic mass is 16.5. The fraction of sp³-hybridized carbons (Fsp3) is 0.122. The van der Waals surface area contributed by atoms with Crippen LogP contribution in [0.4, 0.5) is 0 Å². The van der Waals surface area contributed by atoms with Crippen LogP contribution in [0.1, 0.15) is 33.4 Å². The van der Waals surface area contributed by atoms with E-state index in [9.17, 15) is 0 Å². The van der Waals surface area contributed by atoms with E-state index in [0.717, 1.165) is 66.3 Å². The third-order valence-corrected chi connectivity index (χ3v) is 11.0. The fourth-order valence-electron chi connectivity index (χ4n) is 9.00. The van der Waals surface area contributed by atoms with Crippen molar-refractivity contribution in [3.63, 3.8) is 0 Å². The molecule has 55 heavy (non-hydrogen) atoms. The zero-order valence-electron chi connectivity index (χ0n) is 31.8. The maximum atomic E-state index is 6.67. The summed E-state index contributed by atoms with van der Waals surface area (Å²) in [5.41, 5.74) is 15.9. The number of nitrogens with zero attached hydrogens (tertiary/aromatic N) is 5. The summed E-state index contributed by atoms with van der Waals surface area (Å²) < 4.78 is 11.2. The number of rotatable bonds is 5. The van der Waals surface area contributed by atoms with Crippen LogP contribution in [0.2, 0.25) is 0 Å². The molecule has 0 saturated heterocycles. The first-order chi connectivity index (χ1) is 26.7. The Hall–Kier alpha value is -6.79. The summed E-state index contributed by atoms with van der Waals surface area (Å²) in [5.74, 6) is 2.05. The SMILES string of the molecule is Cc1cc(C)c(-c2nc3c4cc(Oc5ccc6c7ccccc7n(-c7ccccn7)c6c5)ncc4c4ccccc4n3c2-c2c(C)cc(C)cc2C)c(C)c1. The second-order valence-corrected chi connectivity index (χ2v) is 14.9. The molecule has 5 heterocycles. The summed E-state index contributed by atoms with van der Waals surface area (Å²) in [7, 11) is 0. The molecule has 0 bridgehead atoms. The molecule has 6 nitrogen and oxygen atoms in total. The van der Waals surface area contributed by atoms with Crippen molar-refractivity contribution < 1.29 is 4.74 Å². The van der Waals surface area contributed by atoms with Gasteiger partial charge in [0.15, 0.2) is 0 Å². The summed E-state index contributed by atoms with van der Waals surface area (Å²) in [6.07, 6.45) is 3.77. The minimum Gasteiger partial charge on any atom is -0.439 e. The van der Waals surface area contributed by atoms with Crippen molar-refractivity contribution in [1.82, 2.24) is 23.9 Å². The second-order valence-electron chi connectivity index (χ2n) is 14.9. The molecule has 0 unspecified atom stereocenters. The third kappa shape index (κ3) is 5.13. The van der Waals surface area contributed by atoms with Crippen LogP contribution in [0.25, 0.3) is 77.5 Å². The number of para-hydroxylation sites is 2. The summed E-state index contributed by atoms with van der Waals surface area (Å²) in [4.78, 5) is 15.2. The number of benzene rings is 5. The molecule has 0 atom stereocenters. The van der Waals surface area contributed by atoms with Crippen molar-refractivity contribution in [1.29, 1.82) is 0 Å². The maximum absolute atomic E-state index is 6.67. The lowest BCUT2D eigenvalue weighted by Crippen LogP contribution is -2.00. The molecule has 0 aliphatic heterocycles. The van der Waals surface area contributed by atoms with Gasteiger partial charge in [0.1, 0.15) is 17.2 Å². The molecule has 10 rings (SSSR count). The molecule has 0 radical (unpaired) electrons. The van der Waals surface area contributed by atoms with E-state index in [4.69, 9.17) is 19.7 Å². The number of aryl methyl sites for hydroxylation is 6. The van der Waals surface area contributed by atoms with Crippen LogP contribution >= 0.6 is 0 Å². The summed E-state index contributed by atoms with van der Waals surface area (Å²) in [5, 5.41) is 5.41. The van der Waals surface area contributed by atoms with E-state index in [-0.39, 0.29) is 0 Å². The van der Waals surface area contributed by atoms with Crippen LogP contribution in [0, 0.1) is 41.5 Å². The highest BCUT2D eigenvalue weighted by Crippen LogP contribution is 2.44. The van der Waals surface area contributed by atoms with Crippen LogP contribution < -0.4 is 4.74 Å². The molecule has 0 saturated carbocycles. The Morgan fingerprint density at radius 2 is 1.13 bits per heavy atom. The quantitative estimate of drug-likeness (QED) is 0.167. The van der Waals surface area contributed by atoms with Crippen molar-refractivity contribution in [3.8, 4) is 40.0 Å². The number of hydrogen-bond donors (Lipinski definition) is 0. The number of imidazole rings is 1. The number of ether oxygens (including phenoxy) is 1. The standard InChI is InChI=1S/C49H39N5O/c1-28-21-30(3)45(31(4)22-28)47-48(46-32(5)23-29(2)24-33(46)6)54-41-16-10-8-14-36(41)39-27-51-44(26-38(39)49(54)52-47)55-34-18-19-37-35-13-7-9-15-40(35)53(42(37)25-34)43-17-11-12-20-50-43/h7-27H,1-6H3. The smallest absolute Gasteiger partial charge is 0.219 e. The number of fused-ring (bicyclic) bond motifs is 9. The first-order valence-electron chi connectivity index (χ1n) is 18.8. The molecule has 6 heteroatoms. The van der Waals surface area contributed by atoms with Gasteiger partial charge in [-0.25, -0.2) is 15.0 Å². The zero-order chi connectivity index (χ0) is 37.5. The Kier molecular flexibility index (Phi) is 7.39. The minimum absolute atomic E-state index is 0.501. The Labute approximate surface area is 319 Å². The van der Waals surface area contributed by atoms with Crippen molar-refractivity contribution >= 4 is 49.1 Å². The van der Waals surface area contributed by atoms with E-state index in [2.05, 4.69) is 142 Å². The summed E-state index contributed by atoms with van der Waals surface area (Å²) in [6, 6.07) is 40.4. The first-order valence-corrected chi connectivity index (χ1v) is 18.8. The van der Waals surface area contributed by atoms with E-state index < -0.39 is 0 Å². The predicted molar refractivity (Wildman–Crippen MR) is 226 cm³/mol. The average Bonchev–Trinajstić information content (AvgIpc) is 3.71. The first kappa shape index (κ1) is 32.8. The summed E-state index contributed by atoms with van der Waals surface area (Å²) in [6.45, 7) is 13.2. The van der Waals surface area contributed by atoms with Gasteiger partial charge in [-0.2, -0.15) is 0 Å². The van der Waals surface area contributed by atoms with Gasteiger partial charge in [-0.15, -0.1) is 0 Å². The lowest BCUT2D eigenvalue weighted by molar-refractivity contribution is 0.464. The Bertz CT molecular complexity index is 3140. The zero-order valence-corrected chi connectivity index (χ0v) is 31.8. The van der Waals surface area contributed by atoms with E-state index in [0.29, 0.717) is 11.6 Å². The fourth-order valence-corrected chi connectivity index (χ4v) is 9.00. The Morgan fingerprint density at radius 3 is 1.82 bits per heavy atom. The second kappa shape index (κ2) is 12.4. The monoisotopic (exact) mass is 713 g/mol. The van der Waals surface area contributed by atoms with Crippen molar-refractivity contribution in [2.24, 2.45) is 0 Å². The van der Waals surface area contributed by atoms with Gasteiger partial charge >= 0.3 is 0 Å². The topological polar surface area (TPSA) is 57.2 Å². The van der Waals surface area contributed by atoms with E-state index >= 15 is 0 Å². The molecule has 0 N–H and O–H groups in total. The lowest BCUT2D eigenvalue weighted by Gasteiger charge is -2.17. The minimum atomic E-state index is 0.501. The van der Waals surface area contributed by atoms with Gasteiger partial charge in [-0.1, -0.05) is 77.9 Å². The van der Waals surface area contributed by atoms with Crippen molar-refractivity contribution in [2.75, 3.05) is 0 Å². The van der Waals surface area contributed by atoms with Gasteiger partial charge in [-0.05, 0) is 100 Å². The lowest BCUT2D eigenvalue weighted by atomic mass is 9.91. The van der Waals surface area contributed by atoms with Crippen LogP contribution in [0.3, 0.4) is 0 Å². The number of aromatic nitrogens is 5. The van der Waals surface area contributed by atoms with Gasteiger partial charge in [-0.3, -0.25) is 8.97 Å². The highest BCUT2D eigenvalue weighted by molar-refractivity contribution is 6.13. The molecule has 0 fully saturated rings. The predicted octanol–water partition coefficient (Wildman–Crippen LogP) is 12.5. The van der Waals surface area contributed by atoms with E-state index in [1.807, 2.05) is 36.7 Å². The summed E-state index contributed by atoms with van der Waals surface area (Å²) >= 11 is 0.